The lowest BCUT2D eigenvalue weighted by atomic mass is 10.1. The van der Waals surface area contributed by atoms with Gasteiger partial charge in [-0.05, 0) is 36.8 Å². The molecule has 0 aliphatic heterocycles. The minimum Gasteiger partial charge on any atom is -0.398 e. The standard InChI is InChI=1S/C15H11Cl2N3O/c1-8-2-3-9(6-13(8)18)14-19-15(21-20-14)11-5-4-10(16)7-12(11)17/h2-7H,18H2,1H3. The number of anilines is 1. The summed E-state index contributed by atoms with van der Waals surface area (Å²) in [7, 11) is 0. The summed E-state index contributed by atoms with van der Waals surface area (Å²) in [6.45, 7) is 1.94. The number of rotatable bonds is 2. The number of nitrogens with two attached hydrogens (primary N) is 1. The highest BCUT2D eigenvalue weighted by atomic mass is 35.5. The summed E-state index contributed by atoms with van der Waals surface area (Å²) in [6.07, 6.45) is 0. The lowest BCUT2D eigenvalue weighted by Gasteiger charge is -2.01. The topological polar surface area (TPSA) is 64.9 Å². The van der Waals surface area contributed by atoms with Crippen molar-refractivity contribution in [3.63, 3.8) is 0 Å². The second-order valence-corrected chi connectivity index (χ2v) is 5.46. The maximum absolute atomic E-state index is 6.13. The van der Waals surface area contributed by atoms with Crippen LogP contribution < -0.4 is 5.73 Å². The predicted octanol–water partition coefficient (Wildman–Crippen LogP) is 4.60. The average Bonchev–Trinajstić information content (AvgIpc) is 2.91. The maximum Gasteiger partial charge on any atom is 0.259 e. The normalized spacial score (nSPS) is 10.8. The van der Waals surface area contributed by atoms with E-state index in [1.54, 1.807) is 18.2 Å². The molecule has 2 N–H and O–H groups in total. The molecule has 0 bridgehead atoms. The fourth-order valence-electron chi connectivity index (χ4n) is 1.89. The van der Waals surface area contributed by atoms with E-state index in [0.29, 0.717) is 33.0 Å². The summed E-state index contributed by atoms with van der Waals surface area (Å²) in [5.74, 6) is 0.800. The van der Waals surface area contributed by atoms with Crippen molar-refractivity contribution in [2.24, 2.45) is 0 Å². The third-order valence-electron chi connectivity index (χ3n) is 3.13. The average molecular weight is 320 g/mol. The number of benzene rings is 2. The van der Waals surface area contributed by atoms with Gasteiger partial charge in [-0.3, -0.25) is 0 Å². The fraction of sp³-hybridized carbons (Fsp3) is 0.0667. The van der Waals surface area contributed by atoms with Crippen molar-refractivity contribution in [2.75, 3.05) is 5.73 Å². The zero-order valence-corrected chi connectivity index (χ0v) is 12.6. The molecule has 21 heavy (non-hydrogen) atoms. The number of aryl methyl sites for hydroxylation is 1. The van der Waals surface area contributed by atoms with Crippen molar-refractivity contribution >= 4 is 28.9 Å². The summed E-state index contributed by atoms with van der Waals surface area (Å²) < 4.78 is 5.27. The van der Waals surface area contributed by atoms with E-state index in [1.165, 1.54) is 0 Å². The summed E-state index contributed by atoms with van der Waals surface area (Å²) in [5, 5.41) is 4.97. The minimum absolute atomic E-state index is 0.339. The highest BCUT2D eigenvalue weighted by molar-refractivity contribution is 6.36. The van der Waals surface area contributed by atoms with Gasteiger partial charge >= 0.3 is 0 Å². The van der Waals surface area contributed by atoms with Crippen molar-refractivity contribution in [1.82, 2.24) is 10.1 Å². The van der Waals surface area contributed by atoms with E-state index in [0.717, 1.165) is 11.1 Å². The van der Waals surface area contributed by atoms with Gasteiger partial charge in [0.1, 0.15) is 0 Å². The molecule has 0 radical (unpaired) electrons. The lowest BCUT2D eigenvalue weighted by Crippen LogP contribution is -1.90. The van der Waals surface area contributed by atoms with Crippen LogP contribution in [0, 0.1) is 6.92 Å². The first kappa shape index (κ1) is 13.9. The van der Waals surface area contributed by atoms with E-state index >= 15 is 0 Å². The molecule has 4 nitrogen and oxygen atoms in total. The zero-order chi connectivity index (χ0) is 15.0. The molecule has 0 atom stereocenters. The number of hydrogen-bond acceptors (Lipinski definition) is 4. The van der Waals surface area contributed by atoms with Gasteiger partial charge in [-0.15, -0.1) is 0 Å². The van der Waals surface area contributed by atoms with Crippen molar-refractivity contribution in [1.29, 1.82) is 0 Å². The molecule has 0 aliphatic rings. The Hall–Kier alpha value is -2.04. The Balaban J connectivity index is 2.01. The zero-order valence-electron chi connectivity index (χ0n) is 11.1. The van der Waals surface area contributed by atoms with Crippen LogP contribution in [0.3, 0.4) is 0 Å². The molecule has 0 spiro atoms. The van der Waals surface area contributed by atoms with E-state index < -0.39 is 0 Å². The molecule has 2 aromatic carbocycles. The van der Waals surface area contributed by atoms with Crippen LogP contribution in [0.5, 0.6) is 0 Å². The fourth-order valence-corrected chi connectivity index (χ4v) is 2.38. The minimum atomic E-state index is 0.339. The molecular formula is C15H11Cl2N3O. The quantitative estimate of drug-likeness (QED) is 0.701. The van der Waals surface area contributed by atoms with Crippen molar-refractivity contribution in [3.05, 3.63) is 52.0 Å². The van der Waals surface area contributed by atoms with Crippen LogP contribution in [0.15, 0.2) is 40.9 Å². The van der Waals surface area contributed by atoms with Crippen molar-refractivity contribution < 1.29 is 4.52 Å². The van der Waals surface area contributed by atoms with Gasteiger partial charge in [0, 0.05) is 16.3 Å². The lowest BCUT2D eigenvalue weighted by molar-refractivity contribution is 0.432. The second kappa shape index (κ2) is 5.39. The van der Waals surface area contributed by atoms with Crippen LogP contribution in [0.2, 0.25) is 10.0 Å². The number of hydrogen-bond donors (Lipinski definition) is 1. The van der Waals surface area contributed by atoms with Crippen molar-refractivity contribution in [3.8, 4) is 22.8 Å². The number of nitrogen functional groups attached to an aromatic ring is 1. The van der Waals surface area contributed by atoms with E-state index in [2.05, 4.69) is 10.1 Å². The van der Waals surface area contributed by atoms with E-state index in [9.17, 15) is 0 Å². The largest absolute Gasteiger partial charge is 0.398 e. The predicted molar refractivity (Wildman–Crippen MR) is 84.3 cm³/mol. The Kier molecular flexibility index (Phi) is 3.57. The van der Waals surface area contributed by atoms with E-state index in [1.807, 2.05) is 25.1 Å². The van der Waals surface area contributed by atoms with E-state index in [4.69, 9.17) is 33.5 Å². The van der Waals surface area contributed by atoms with Crippen LogP contribution in [0.4, 0.5) is 5.69 Å². The van der Waals surface area contributed by atoms with Crippen LogP contribution in [-0.2, 0) is 0 Å². The van der Waals surface area contributed by atoms with Gasteiger partial charge in [-0.2, -0.15) is 4.98 Å². The van der Waals surface area contributed by atoms with E-state index in [-0.39, 0.29) is 0 Å². The summed E-state index contributed by atoms with van der Waals surface area (Å²) in [5.41, 5.74) is 9.01. The Morgan fingerprint density at radius 1 is 1.10 bits per heavy atom. The molecule has 0 aliphatic carbocycles. The van der Waals surface area contributed by atoms with Crippen LogP contribution in [0.25, 0.3) is 22.8 Å². The Morgan fingerprint density at radius 2 is 1.90 bits per heavy atom. The summed E-state index contributed by atoms with van der Waals surface area (Å²) in [4.78, 5) is 4.35. The highest BCUT2D eigenvalue weighted by Crippen LogP contribution is 2.31. The molecule has 0 amide bonds. The summed E-state index contributed by atoms with van der Waals surface area (Å²) in [6, 6.07) is 10.7. The molecule has 3 aromatic rings. The highest BCUT2D eigenvalue weighted by Gasteiger charge is 2.14. The Morgan fingerprint density at radius 3 is 2.62 bits per heavy atom. The van der Waals surface area contributed by atoms with Gasteiger partial charge in [0.2, 0.25) is 5.82 Å². The van der Waals surface area contributed by atoms with Gasteiger partial charge in [0.05, 0.1) is 10.6 Å². The second-order valence-electron chi connectivity index (χ2n) is 4.62. The first-order valence-corrected chi connectivity index (χ1v) is 6.96. The van der Waals surface area contributed by atoms with Gasteiger partial charge in [-0.1, -0.05) is 40.5 Å². The third kappa shape index (κ3) is 2.73. The Bertz CT molecular complexity index is 814. The molecule has 0 saturated heterocycles. The monoisotopic (exact) mass is 319 g/mol. The van der Waals surface area contributed by atoms with Crippen LogP contribution in [0.1, 0.15) is 5.56 Å². The molecule has 0 unspecified atom stereocenters. The van der Waals surface area contributed by atoms with Gasteiger partial charge < -0.3 is 10.3 Å². The molecule has 0 saturated carbocycles. The van der Waals surface area contributed by atoms with Gasteiger partial charge in [-0.25, -0.2) is 0 Å². The van der Waals surface area contributed by atoms with Crippen LogP contribution in [-0.4, -0.2) is 10.1 Å². The molecule has 3 rings (SSSR count). The Labute approximate surface area is 131 Å². The molecule has 1 aromatic heterocycles. The molecule has 6 heteroatoms. The van der Waals surface area contributed by atoms with Crippen molar-refractivity contribution in [2.45, 2.75) is 6.92 Å². The first-order valence-electron chi connectivity index (χ1n) is 6.20. The van der Waals surface area contributed by atoms with Crippen LogP contribution >= 0.6 is 23.2 Å². The summed E-state index contributed by atoms with van der Waals surface area (Å²) >= 11 is 12.0. The number of halogens is 2. The molecular weight excluding hydrogens is 309 g/mol. The van der Waals surface area contributed by atoms with Gasteiger partial charge in [0.25, 0.3) is 5.89 Å². The third-order valence-corrected chi connectivity index (χ3v) is 3.67. The van der Waals surface area contributed by atoms with Gasteiger partial charge in [0.15, 0.2) is 0 Å². The number of nitrogens with zero attached hydrogens (tertiary/aromatic N) is 2. The smallest absolute Gasteiger partial charge is 0.259 e. The molecule has 1 heterocycles. The maximum atomic E-state index is 6.13. The molecule has 0 fully saturated rings. The SMILES string of the molecule is Cc1ccc(-c2noc(-c3ccc(Cl)cc3Cl)n2)cc1N. The molecule has 106 valence electrons. The first-order chi connectivity index (χ1) is 10.0. The number of aromatic nitrogens is 2.